The van der Waals surface area contributed by atoms with E-state index in [0.717, 1.165) is 11.0 Å². The molecule has 1 aromatic heterocycles. The zero-order chi connectivity index (χ0) is 19.9. The van der Waals surface area contributed by atoms with Gasteiger partial charge in [0.25, 0.3) is 5.91 Å². The van der Waals surface area contributed by atoms with Crippen molar-refractivity contribution in [2.45, 2.75) is 4.90 Å². The monoisotopic (exact) mass is 440 g/mol. The summed E-state index contributed by atoms with van der Waals surface area (Å²) in [6.45, 7) is 0. The quantitative estimate of drug-likeness (QED) is 0.334. The summed E-state index contributed by atoms with van der Waals surface area (Å²) in [6, 6.07) is 14.4. The van der Waals surface area contributed by atoms with Gasteiger partial charge in [0.2, 0.25) is 0 Å². The van der Waals surface area contributed by atoms with Crippen molar-refractivity contribution in [3.63, 3.8) is 0 Å². The van der Waals surface area contributed by atoms with Crippen molar-refractivity contribution < 1.29 is 69.8 Å². The minimum atomic E-state index is -0.908. The van der Waals surface area contributed by atoms with Crippen molar-refractivity contribution in [2.24, 2.45) is 0 Å². The SMILES string of the molecule is C[N-]Oc1ccc(C(=O)Nc2c(F)ccc(NSc3ccccc3)c2F)cn1.[K+]. The molecule has 0 fully saturated rings. The van der Waals surface area contributed by atoms with Crippen LogP contribution in [0.2, 0.25) is 0 Å². The zero-order valence-corrected chi connectivity index (χ0v) is 19.6. The fraction of sp³-hybridized carbons (Fsp3) is 0.0526. The number of hydroxylamine groups is 1. The van der Waals surface area contributed by atoms with E-state index in [1.807, 2.05) is 30.3 Å². The van der Waals surface area contributed by atoms with Crippen LogP contribution in [0.3, 0.4) is 0 Å². The minimum absolute atomic E-state index is 0. The third-order valence-corrected chi connectivity index (χ3v) is 4.36. The predicted octanol–water partition coefficient (Wildman–Crippen LogP) is 2.03. The van der Waals surface area contributed by atoms with Crippen molar-refractivity contribution >= 4 is 29.2 Å². The van der Waals surface area contributed by atoms with Crippen molar-refractivity contribution in [2.75, 3.05) is 17.1 Å². The summed E-state index contributed by atoms with van der Waals surface area (Å²) in [7, 11) is 1.44. The Kier molecular flexibility index (Phi) is 9.50. The van der Waals surface area contributed by atoms with E-state index in [1.165, 1.54) is 43.4 Å². The number of rotatable bonds is 7. The predicted molar refractivity (Wildman–Crippen MR) is 104 cm³/mol. The van der Waals surface area contributed by atoms with Crippen LogP contribution in [0.25, 0.3) is 5.48 Å². The van der Waals surface area contributed by atoms with Gasteiger partial charge in [-0.3, -0.25) is 4.79 Å². The molecular weight excluding hydrogens is 425 g/mol. The Labute approximate surface area is 213 Å². The number of nitrogens with zero attached hydrogens (tertiary/aromatic N) is 2. The van der Waals surface area contributed by atoms with E-state index in [9.17, 15) is 13.6 Å². The van der Waals surface area contributed by atoms with Crippen molar-refractivity contribution in [3.05, 3.63) is 83.5 Å². The molecule has 0 aliphatic carbocycles. The van der Waals surface area contributed by atoms with Gasteiger partial charge >= 0.3 is 51.4 Å². The number of halogens is 2. The summed E-state index contributed by atoms with van der Waals surface area (Å²) in [5, 5.41) is 2.24. The third kappa shape index (κ3) is 6.47. The molecule has 3 rings (SSSR count). The Morgan fingerprint density at radius 3 is 2.52 bits per heavy atom. The standard InChI is InChI=1S/C19H15F2N4O2S.K/c1-22-27-16-10-7-12(11-23-16)19(26)24-18-14(20)8-9-15(17(18)21)25-28-13-5-3-2-4-6-13;/h2-11,25H,1H3,(H,24,26);/q-1;+1. The molecule has 0 aliphatic rings. The summed E-state index contributed by atoms with van der Waals surface area (Å²) < 4.78 is 31.6. The summed E-state index contributed by atoms with van der Waals surface area (Å²) in [6.07, 6.45) is 1.22. The van der Waals surface area contributed by atoms with Gasteiger partial charge in [-0.15, -0.1) is 7.05 Å². The normalized spacial score (nSPS) is 10.0. The van der Waals surface area contributed by atoms with Gasteiger partial charge in [0.1, 0.15) is 11.5 Å². The van der Waals surface area contributed by atoms with Gasteiger partial charge in [0.15, 0.2) is 11.7 Å². The van der Waals surface area contributed by atoms with Crippen molar-refractivity contribution in [1.82, 2.24) is 4.98 Å². The number of carbonyl (C=O) groups is 1. The Bertz CT molecular complexity index is 962. The first kappa shape index (κ1) is 23.7. The van der Waals surface area contributed by atoms with Crippen LogP contribution >= 0.6 is 11.9 Å². The first-order valence-corrected chi connectivity index (χ1v) is 8.89. The maximum Gasteiger partial charge on any atom is 1.00 e. The molecule has 10 heteroatoms. The molecular formula is C19H15F2KN4O2S. The van der Waals surface area contributed by atoms with Crippen LogP contribution in [0.1, 0.15) is 10.4 Å². The van der Waals surface area contributed by atoms with Gasteiger partial charge in [-0.1, -0.05) is 18.2 Å². The van der Waals surface area contributed by atoms with Gasteiger partial charge in [0.05, 0.1) is 11.3 Å². The van der Waals surface area contributed by atoms with Crippen LogP contribution in [-0.2, 0) is 0 Å². The number of nitrogens with one attached hydrogen (secondary N) is 2. The maximum atomic E-state index is 14.7. The average Bonchev–Trinajstić information content (AvgIpc) is 2.72. The molecule has 0 saturated heterocycles. The zero-order valence-electron chi connectivity index (χ0n) is 15.6. The average molecular weight is 441 g/mol. The molecule has 0 atom stereocenters. The smallest absolute Gasteiger partial charge is 0.574 e. The molecule has 1 heterocycles. The summed E-state index contributed by atoms with van der Waals surface area (Å²) >= 11 is 1.17. The van der Waals surface area contributed by atoms with E-state index < -0.39 is 23.2 Å². The van der Waals surface area contributed by atoms with E-state index >= 15 is 0 Å². The maximum absolute atomic E-state index is 14.7. The second-order valence-corrected chi connectivity index (χ2v) is 6.29. The largest absolute Gasteiger partial charge is 1.00 e. The molecule has 0 radical (unpaired) electrons. The summed E-state index contributed by atoms with van der Waals surface area (Å²) in [5.74, 6) is -2.31. The topological polar surface area (TPSA) is 77.4 Å². The molecule has 0 aliphatic heterocycles. The number of pyridine rings is 1. The molecule has 29 heavy (non-hydrogen) atoms. The fourth-order valence-electron chi connectivity index (χ4n) is 2.20. The Balaban J connectivity index is 0.00000300. The first-order chi connectivity index (χ1) is 13.6. The van der Waals surface area contributed by atoms with Crippen LogP contribution in [0.4, 0.5) is 20.2 Å². The second kappa shape index (κ2) is 11.6. The van der Waals surface area contributed by atoms with Gasteiger partial charge in [-0.05, 0) is 48.3 Å². The molecule has 2 aromatic carbocycles. The molecule has 0 saturated carbocycles. The molecule has 6 nitrogen and oxygen atoms in total. The molecule has 2 N–H and O–H groups in total. The third-order valence-electron chi connectivity index (χ3n) is 3.54. The first-order valence-electron chi connectivity index (χ1n) is 8.08. The number of benzene rings is 2. The van der Waals surface area contributed by atoms with Crippen LogP contribution in [-0.4, -0.2) is 17.9 Å². The van der Waals surface area contributed by atoms with E-state index in [0.29, 0.717) is 0 Å². The van der Waals surface area contributed by atoms with Gasteiger partial charge in [-0.2, -0.15) is 0 Å². The van der Waals surface area contributed by atoms with E-state index in [2.05, 4.69) is 20.5 Å². The minimum Gasteiger partial charge on any atom is -0.574 e. The van der Waals surface area contributed by atoms with Crippen molar-refractivity contribution in [3.8, 4) is 5.88 Å². The van der Waals surface area contributed by atoms with E-state index in [1.54, 1.807) is 0 Å². The van der Waals surface area contributed by atoms with Crippen molar-refractivity contribution in [1.29, 1.82) is 0 Å². The van der Waals surface area contributed by atoms with Crippen LogP contribution in [0.15, 0.2) is 65.7 Å². The second-order valence-electron chi connectivity index (χ2n) is 5.41. The number of carbonyl (C=O) groups excluding carboxylic acids is 1. The number of hydrogen-bond acceptors (Lipinski definition) is 5. The number of aromatic nitrogens is 1. The van der Waals surface area contributed by atoms with Gasteiger partial charge < -0.3 is 20.4 Å². The molecule has 0 bridgehead atoms. The molecule has 3 aromatic rings. The summed E-state index contributed by atoms with van der Waals surface area (Å²) in [5.41, 5.74) is 3.05. The Morgan fingerprint density at radius 2 is 1.86 bits per heavy atom. The molecule has 1 amide bonds. The molecule has 144 valence electrons. The fourth-order valence-corrected chi connectivity index (χ4v) is 2.87. The van der Waals surface area contributed by atoms with Crippen LogP contribution in [0, 0.1) is 11.6 Å². The van der Waals surface area contributed by atoms with E-state index in [4.69, 9.17) is 4.84 Å². The van der Waals surface area contributed by atoms with Gasteiger partial charge in [0, 0.05) is 11.1 Å². The van der Waals surface area contributed by atoms with Gasteiger partial charge in [-0.25, -0.2) is 13.8 Å². The number of anilines is 2. The molecule has 0 unspecified atom stereocenters. The number of amides is 1. The molecule has 0 spiro atoms. The Hall–Kier alpha value is -1.53. The summed E-state index contributed by atoms with van der Waals surface area (Å²) in [4.78, 5) is 21.9. The van der Waals surface area contributed by atoms with E-state index in [-0.39, 0.29) is 68.5 Å². The van der Waals surface area contributed by atoms with Crippen LogP contribution in [0.5, 0.6) is 5.88 Å². The Morgan fingerprint density at radius 1 is 1.10 bits per heavy atom. The number of hydrogen-bond donors (Lipinski definition) is 2. The van der Waals surface area contributed by atoms with Crippen LogP contribution < -0.4 is 66.3 Å².